The highest BCUT2D eigenvalue weighted by molar-refractivity contribution is 9.10. The summed E-state index contributed by atoms with van der Waals surface area (Å²) in [5, 5.41) is 22.6. The molecule has 1 atom stereocenters. The number of nitrogens with one attached hydrogen (secondary N) is 1. The molecule has 17 heavy (non-hydrogen) atoms. The Labute approximate surface area is 114 Å². The van der Waals surface area contributed by atoms with Gasteiger partial charge in [-0.15, -0.1) is 0 Å². The van der Waals surface area contributed by atoms with Gasteiger partial charge in [-0.1, -0.05) is 27.5 Å². The average Bonchev–Trinajstić information content (AvgIpc) is 3.10. The van der Waals surface area contributed by atoms with Crippen LogP contribution in [0, 0.1) is 5.92 Å². The number of rotatable bonds is 5. The van der Waals surface area contributed by atoms with Gasteiger partial charge in [0.05, 0.1) is 11.6 Å². The summed E-state index contributed by atoms with van der Waals surface area (Å²) >= 11 is 9.23. The second-order valence-corrected chi connectivity index (χ2v) is 5.73. The van der Waals surface area contributed by atoms with Crippen LogP contribution in [0.4, 0.5) is 0 Å². The molecule has 1 fully saturated rings. The summed E-state index contributed by atoms with van der Waals surface area (Å²) in [5.41, 5.74) is 0.739. The molecule has 3 N–H and O–H groups in total. The van der Waals surface area contributed by atoms with Crippen molar-refractivity contribution in [1.29, 1.82) is 0 Å². The predicted octanol–water partition coefficient (Wildman–Crippen LogP) is 2.67. The molecule has 1 aromatic rings. The second kappa shape index (κ2) is 5.57. The molecule has 3 nitrogen and oxygen atoms in total. The van der Waals surface area contributed by atoms with E-state index in [-0.39, 0.29) is 18.4 Å². The summed E-state index contributed by atoms with van der Waals surface area (Å²) in [6, 6.07) is 3.60. The largest absolute Gasteiger partial charge is 0.506 e. The monoisotopic (exact) mass is 319 g/mol. The Balaban J connectivity index is 2.02. The molecular formula is C12H15BrClNO2. The van der Waals surface area contributed by atoms with Crippen molar-refractivity contribution in [2.24, 2.45) is 5.92 Å². The minimum absolute atomic E-state index is 0.106. The summed E-state index contributed by atoms with van der Waals surface area (Å²) in [6.45, 7) is 0.639. The minimum Gasteiger partial charge on any atom is -0.506 e. The third-order valence-electron chi connectivity index (χ3n) is 3.05. The summed E-state index contributed by atoms with van der Waals surface area (Å²) in [5.74, 6) is 0.680. The van der Waals surface area contributed by atoms with E-state index in [4.69, 9.17) is 11.6 Å². The smallest absolute Gasteiger partial charge is 0.138 e. The Morgan fingerprint density at radius 2 is 2.18 bits per heavy atom. The maximum Gasteiger partial charge on any atom is 0.138 e. The SMILES string of the molecule is OCC(NCc1cc(Br)cc(Cl)c1O)C1CC1. The van der Waals surface area contributed by atoms with Crippen molar-refractivity contribution in [3.63, 3.8) is 0 Å². The third-order valence-corrected chi connectivity index (χ3v) is 3.80. The maximum atomic E-state index is 9.81. The maximum absolute atomic E-state index is 9.81. The Kier molecular flexibility index (Phi) is 4.31. The van der Waals surface area contributed by atoms with Crippen LogP contribution in [0.1, 0.15) is 18.4 Å². The first kappa shape index (κ1) is 13.1. The number of phenolic OH excluding ortho intramolecular Hbond substituents is 1. The van der Waals surface area contributed by atoms with E-state index in [1.807, 2.05) is 6.07 Å². The molecule has 2 rings (SSSR count). The molecule has 0 radical (unpaired) electrons. The number of benzene rings is 1. The standard InChI is InChI=1S/C12H15BrClNO2/c13-9-3-8(12(17)10(14)4-9)5-15-11(6-16)7-1-2-7/h3-4,7,11,15-17H,1-2,5-6H2. The summed E-state index contributed by atoms with van der Waals surface area (Å²) in [4.78, 5) is 0. The molecule has 1 aliphatic carbocycles. The Morgan fingerprint density at radius 1 is 1.47 bits per heavy atom. The van der Waals surface area contributed by atoms with Crippen molar-refractivity contribution in [2.45, 2.75) is 25.4 Å². The lowest BCUT2D eigenvalue weighted by Crippen LogP contribution is -2.33. The van der Waals surface area contributed by atoms with Gasteiger partial charge in [0.2, 0.25) is 0 Å². The minimum atomic E-state index is 0.106. The Hall–Kier alpha value is -0.290. The van der Waals surface area contributed by atoms with Crippen LogP contribution in [0.5, 0.6) is 5.75 Å². The quantitative estimate of drug-likeness (QED) is 0.782. The Morgan fingerprint density at radius 3 is 2.76 bits per heavy atom. The number of halogens is 2. The summed E-state index contributed by atoms with van der Waals surface area (Å²) in [6.07, 6.45) is 2.34. The van der Waals surface area contributed by atoms with E-state index < -0.39 is 0 Å². The lowest BCUT2D eigenvalue weighted by Gasteiger charge is -2.16. The predicted molar refractivity (Wildman–Crippen MR) is 71.3 cm³/mol. The van der Waals surface area contributed by atoms with Gasteiger partial charge in [-0.25, -0.2) is 0 Å². The normalized spacial score (nSPS) is 17.1. The first-order valence-electron chi connectivity index (χ1n) is 5.63. The molecule has 1 aromatic carbocycles. The topological polar surface area (TPSA) is 52.5 Å². The zero-order chi connectivity index (χ0) is 12.4. The zero-order valence-corrected chi connectivity index (χ0v) is 11.6. The van der Waals surface area contributed by atoms with Gasteiger partial charge in [0.1, 0.15) is 5.75 Å². The fraction of sp³-hybridized carbons (Fsp3) is 0.500. The first-order chi connectivity index (χ1) is 8.11. The van der Waals surface area contributed by atoms with Crippen LogP contribution in [0.2, 0.25) is 5.02 Å². The summed E-state index contributed by atoms with van der Waals surface area (Å²) in [7, 11) is 0. The van der Waals surface area contributed by atoms with Crippen LogP contribution in [0.15, 0.2) is 16.6 Å². The van der Waals surface area contributed by atoms with Gasteiger partial charge < -0.3 is 15.5 Å². The Bertz CT molecular complexity index is 410. The zero-order valence-electron chi connectivity index (χ0n) is 9.29. The van der Waals surface area contributed by atoms with E-state index in [2.05, 4.69) is 21.2 Å². The van der Waals surface area contributed by atoms with E-state index in [1.165, 1.54) is 12.8 Å². The molecule has 1 aliphatic rings. The fourth-order valence-electron chi connectivity index (χ4n) is 1.87. The molecule has 5 heteroatoms. The van der Waals surface area contributed by atoms with Crippen LogP contribution in [-0.4, -0.2) is 22.9 Å². The van der Waals surface area contributed by atoms with Gasteiger partial charge in [-0.05, 0) is 30.9 Å². The molecule has 0 amide bonds. The molecule has 1 saturated carbocycles. The average molecular weight is 321 g/mol. The second-order valence-electron chi connectivity index (χ2n) is 4.40. The first-order valence-corrected chi connectivity index (χ1v) is 6.80. The highest BCUT2D eigenvalue weighted by atomic mass is 79.9. The van der Waals surface area contributed by atoms with Crippen molar-refractivity contribution in [2.75, 3.05) is 6.61 Å². The number of hydrogen-bond donors (Lipinski definition) is 3. The van der Waals surface area contributed by atoms with Gasteiger partial charge in [-0.3, -0.25) is 0 Å². The molecule has 0 heterocycles. The highest BCUT2D eigenvalue weighted by Gasteiger charge is 2.30. The number of aliphatic hydroxyl groups is 1. The lowest BCUT2D eigenvalue weighted by molar-refractivity contribution is 0.227. The van der Waals surface area contributed by atoms with Crippen molar-refractivity contribution in [3.8, 4) is 5.75 Å². The van der Waals surface area contributed by atoms with E-state index in [0.717, 1.165) is 10.0 Å². The van der Waals surface area contributed by atoms with Crippen molar-refractivity contribution >= 4 is 27.5 Å². The van der Waals surface area contributed by atoms with Crippen LogP contribution in [0.25, 0.3) is 0 Å². The van der Waals surface area contributed by atoms with Crippen LogP contribution >= 0.6 is 27.5 Å². The third kappa shape index (κ3) is 3.35. The van der Waals surface area contributed by atoms with Crippen LogP contribution in [-0.2, 0) is 6.54 Å². The van der Waals surface area contributed by atoms with Gasteiger partial charge >= 0.3 is 0 Å². The highest BCUT2D eigenvalue weighted by Crippen LogP contribution is 2.34. The van der Waals surface area contributed by atoms with Crippen LogP contribution < -0.4 is 5.32 Å². The van der Waals surface area contributed by atoms with Crippen molar-refractivity contribution < 1.29 is 10.2 Å². The summed E-state index contributed by atoms with van der Waals surface area (Å²) < 4.78 is 0.837. The van der Waals surface area contributed by atoms with E-state index in [9.17, 15) is 10.2 Å². The van der Waals surface area contributed by atoms with Crippen LogP contribution in [0.3, 0.4) is 0 Å². The molecule has 0 saturated heterocycles. The molecule has 94 valence electrons. The number of phenols is 1. The molecule has 0 spiro atoms. The van der Waals surface area contributed by atoms with Crippen molar-refractivity contribution in [3.05, 3.63) is 27.2 Å². The van der Waals surface area contributed by atoms with E-state index in [0.29, 0.717) is 17.5 Å². The lowest BCUT2D eigenvalue weighted by atomic mass is 10.1. The fourth-order valence-corrected chi connectivity index (χ4v) is 2.75. The number of aliphatic hydroxyl groups excluding tert-OH is 1. The van der Waals surface area contributed by atoms with Gasteiger partial charge in [0.25, 0.3) is 0 Å². The van der Waals surface area contributed by atoms with Crippen molar-refractivity contribution in [1.82, 2.24) is 5.32 Å². The van der Waals surface area contributed by atoms with Gasteiger partial charge in [-0.2, -0.15) is 0 Å². The molecule has 1 unspecified atom stereocenters. The molecular weight excluding hydrogens is 305 g/mol. The van der Waals surface area contributed by atoms with Gasteiger partial charge in [0, 0.05) is 22.6 Å². The van der Waals surface area contributed by atoms with E-state index >= 15 is 0 Å². The number of aromatic hydroxyl groups is 1. The van der Waals surface area contributed by atoms with Gasteiger partial charge in [0.15, 0.2) is 0 Å². The molecule has 0 aromatic heterocycles. The van der Waals surface area contributed by atoms with E-state index in [1.54, 1.807) is 6.07 Å². The number of hydrogen-bond acceptors (Lipinski definition) is 3. The molecule has 0 aliphatic heterocycles. The molecule has 0 bridgehead atoms.